The van der Waals surface area contributed by atoms with Crippen molar-refractivity contribution in [2.24, 2.45) is 0 Å². The molecule has 148 valence electrons. The van der Waals surface area contributed by atoms with Gasteiger partial charge in [0.15, 0.2) is 0 Å². The van der Waals surface area contributed by atoms with Crippen LogP contribution in [0.5, 0.6) is 11.5 Å². The number of rotatable bonds is 6. The molecule has 0 unspecified atom stereocenters. The van der Waals surface area contributed by atoms with Crippen LogP contribution in [0.1, 0.15) is 22.8 Å². The Morgan fingerprint density at radius 3 is 2.86 bits per heavy atom. The van der Waals surface area contributed by atoms with E-state index in [0.29, 0.717) is 34.0 Å². The first-order valence-corrected chi connectivity index (χ1v) is 8.95. The van der Waals surface area contributed by atoms with E-state index in [1.807, 2.05) is 19.1 Å². The summed E-state index contributed by atoms with van der Waals surface area (Å²) in [6, 6.07) is 12.2. The lowest BCUT2D eigenvalue weighted by Crippen LogP contribution is -2.33. The van der Waals surface area contributed by atoms with Crippen LogP contribution < -0.4 is 14.3 Å². The van der Waals surface area contributed by atoms with Gasteiger partial charge in [0.2, 0.25) is 5.65 Å². The van der Waals surface area contributed by atoms with Gasteiger partial charge in [-0.1, -0.05) is 18.2 Å². The molecule has 4 rings (SSSR count). The van der Waals surface area contributed by atoms with E-state index in [2.05, 4.69) is 10.2 Å². The Morgan fingerprint density at radius 1 is 1.24 bits per heavy atom. The molecule has 2 heterocycles. The molecule has 0 aliphatic carbocycles. The topological polar surface area (TPSA) is 102 Å². The monoisotopic (exact) mass is 394 g/mol. The summed E-state index contributed by atoms with van der Waals surface area (Å²) in [6.45, 7) is 2.36. The third-order valence-corrected chi connectivity index (χ3v) is 4.39. The number of esters is 1. The maximum Gasteiger partial charge on any atom is 0.344 e. The van der Waals surface area contributed by atoms with E-state index in [9.17, 15) is 10.0 Å². The highest BCUT2D eigenvalue weighted by Crippen LogP contribution is 2.22. The van der Waals surface area contributed by atoms with Crippen LogP contribution in [0.3, 0.4) is 0 Å². The lowest BCUT2D eigenvalue weighted by molar-refractivity contribution is -0.640. The van der Waals surface area contributed by atoms with Crippen molar-refractivity contribution in [3.8, 4) is 11.5 Å². The molecule has 0 atom stereocenters. The SMILES string of the molecule is CCOc1ccc2c(c1)n1ncc(C(=O)OCc3ccccc3OC)c1n[n+]2[O-]. The van der Waals surface area contributed by atoms with Gasteiger partial charge in [-0.15, -0.1) is 0 Å². The minimum absolute atomic E-state index is 0.0135. The van der Waals surface area contributed by atoms with Crippen LogP contribution in [0.25, 0.3) is 16.7 Å². The molecule has 29 heavy (non-hydrogen) atoms. The highest BCUT2D eigenvalue weighted by molar-refractivity contribution is 5.96. The summed E-state index contributed by atoms with van der Waals surface area (Å²) in [7, 11) is 1.55. The fourth-order valence-electron chi connectivity index (χ4n) is 3.03. The normalized spacial score (nSPS) is 11.0. The number of hydrogen-bond acceptors (Lipinski definition) is 7. The molecule has 0 aliphatic heterocycles. The van der Waals surface area contributed by atoms with Crippen molar-refractivity contribution in [3.63, 3.8) is 0 Å². The van der Waals surface area contributed by atoms with Crippen molar-refractivity contribution in [2.75, 3.05) is 13.7 Å². The van der Waals surface area contributed by atoms with Crippen LogP contribution in [0.15, 0.2) is 48.7 Å². The molecule has 0 saturated heterocycles. The Morgan fingerprint density at radius 2 is 2.07 bits per heavy atom. The van der Waals surface area contributed by atoms with E-state index < -0.39 is 5.97 Å². The van der Waals surface area contributed by atoms with Gasteiger partial charge in [-0.25, -0.2) is 9.31 Å². The van der Waals surface area contributed by atoms with Gasteiger partial charge in [-0.05, 0) is 23.9 Å². The maximum absolute atomic E-state index is 12.6. The van der Waals surface area contributed by atoms with Gasteiger partial charge >= 0.3 is 5.97 Å². The molecule has 0 amide bonds. The van der Waals surface area contributed by atoms with Crippen molar-refractivity contribution in [1.82, 2.24) is 14.7 Å². The predicted molar refractivity (Wildman–Crippen MR) is 103 cm³/mol. The lowest BCUT2D eigenvalue weighted by atomic mass is 10.2. The zero-order valence-electron chi connectivity index (χ0n) is 15.9. The summed E-state index contributed by atoms with van der Waals surface area (Å²) in [5.41, 5.74) is 1.69. The van der Waals surface area contributed by atoms with Crippen LogP contribution >= 0.6 is 0 Å². The van der Waals surface area contributed by atoms with Crippen molar-refractivity contribution < 1.29 is 23.9 Å². The third-order valence-electron chi connectivity index (χ3n) is 4.39. The molecule has 0 fully saturated rings. The maximum atomic E-state index is 12.6. The number of carbonyl (C=O) groups excluding carboxylic acids is 1. The number of ether oxygens (including phenoxy) is 3. The van der Waals surface area contributed by atoms with E-state index in [1.165, 1.54) is 10.7 Å². The third kappa shape index (κ3) is 3.38. The molecule has 9 nitrogen and oxygen atoms in total. The lowest BCUT2D eigenvalue weighted by Gasteiger charge is -2.08. The molecule has 0 N–H and O–H groups in total. The summed E-state index contributed by atoms with van der Waals surface area (Å²) < 4.78 is 17.6. The summed E-state index contributed by atoms with van der Waals surface area (Å²) in [6.07, 6.45) is 1.33. The zero-order chi connectivity index (χ0) is 20.4. The highest BCUT2D eigenvalue weighted by atomic mass is 16.5. The molecular formula is C20H18N4O5. The molecule has 0 bridgehead atoms. The van der Waals surface area contributed by atoms with E-state index in [-0.39, 0.29) is 17.8 Å². The van der Waals surface area contributed by atoms with E-state index in [0.717, 1.165) is 5.56 Å². The van der Waals surface area contributed by atoms with Gasteiger partial charge in [0.25, 0.3) is 5.52 Å². The van der Waals surface area contributed by atoms with Crippen LogP contribution in [0.2, 0.25) is 0 Å². The first-order valence-electron chi connectivity index (χ1n) is 8.95. The first kappa shape index (κ1) is 18.5. The number of fused-ring (bicyclic) bond motifs is 3. The Balaban J connectivity index is 1.69. The van der Waals surface area contributed by atoms with E-state index >= 15 is 0 Å². The second-order valence-corrected chi connectivity index (χ2v) is 6.14. The predicted octanol–water partition coefficient (Wildman–Crippen LogP) is 2.28. The number of methoxy groups -OCH3 is 1. The van der Waals surface area contributed by atoms with Crippen LogP contribution in [0, 0.1) is 5.21 Å². The Bertz CT molecular complexity index is 1200. The Hall–Kier alpha value is -3.88. The minimum Gasteiger partial charge on any atom is -0.594 e. The average molecular weight is 394 g/mol. The van der Waals surface area contributed by atoms with Crippen molar-refractivity contribution >= 4 is 22.6 Å². The van der Waals surface area contributed by atoms with Gasteiger partial charge < -0.3 is 19.4 Å². The van der Waals surface area contributed by atoms with Crippen LogP contribution in [-0.4, -0.2) is 34.4 Å². The second-order valence-electron chi connectivity index (χ2n) is 6.14. The molecule has 0 aliphatic rings. The first-order chi connectivity index (χ1) is 14.1. The fraction of sp³-hybridized carbons (Fsp3) is 0.200. The number of aromatic nitrogens is 4. The molecule has 0 radical (unpaired) electrons. The molecular weight excluding hydrogens is 376 g/mol. The fourth-order valence-corrected chi connectivity index (χ4v) is 3.03. The van der Waals surface area contributed by atoms with Gasteiger partial charge in [0.1, 0.15) is 29.2 Å². The van der Waals surface area contributed by atoms with Gasteiger partial charge in [0.05, 0.1) is 19.9 Å². The second kappa shape index (κ2) is 7.63. The molecule has 0 saturated carbocycles. The Kier molecular flexibility index (Phi) is 4.86. The van der Waals surface area contributed by atoms with Crippen molar-refractivity contribution in [1.29, 1.82) is 0 Å². The molecule has 0 spiro atoms. The number of benzene rings is 2. The number of nitrogens with zero attached hydrogens (tertiary/aromatic N) is 4. The minimum atomic E-state index is -0.640. The smallest absolute Gasteiger partial charge is 0.344 e. The molecule has 4 aromatic rings. The van der Waals surface area contributed by atoms with E-state index in [1.54, 1.807) is 37.4 Å². The van der Waals surface area contributed by atoms with Gasteiger partial charge in [-0.2, -0.15) is 5.10 Å². The van der Waals surface area contributed by atoms with Crippen LogP contribution in [-0.2, 0) is 11.3 Å². The Labute approximate surface area is 165 Å². The summed E-state index contributed by atoms with van der Waals surface area (Å²) in [5.74, 6) is 0.562. The highest BCUT2D eigenvalue weighted by Gasteiger charge is 2.22. The largest absolute Gasteiger partial charge is 0.594 e. The van der Waals surface area contributed by atoms with Gasteiger partial charge in [0, 0.05) is 22.8 Å². The number of carbonyl (C=O) groups is 1. The number of para-hydroxylation sites is 1. The molecule has 2 aromatic heterocycles. The summed E-state index contributed by atoms with van der Waals surface area (Å²) in [5, 5.41) is 20.5. The van der Waals surface area contributed by atoms with Gasteiger partial charge in [-0.3, -0.25) is 0 Å². The summed E-state index contributed by atoms with van der Waals surface area (Å²) >= 11 is 0. The average Bonchev–Trinajstić information content (AvgIpc) is 3.16. The standard InChI is InChI=1S/C20H18N4O5/c1-3-28-14-8-9-16-17(10-14)23-19(22-24(16)26)15(11-21-23)20(25)29-12-13-6-4-5-7-18(13)27-2/h4-11H,3,12H2,1-2H3. The zero-order valence-corrected chi connectivity index (χ0v) is 15.9. The number of hydrogen-bond donors (Lipinski definition) is 0. The quantitative estimate of drug-likeness (QED) is 0.281. The molecule has 9 heteroatoms. The van der Waals surface area contributed by atoms with Crippen molar-refractivity contribution in [2.45, 2.75) is 13.5 Å². The molecule has 2 aromatic carbocycles. The van der Waals surface area contributed by atoms with Crippen molar-refractivity contribution in [3.05, 3.63) is 65.0 Å². The van der Waals surface area contributed by atoms with E-state index in [4.69, 9.17) is 14.2 Å². The summed E-state index contributed by atoms with van der Waals surface area (Å²) in [4.78, 5) is 13.1. The van der Waals surface area contributed by atoms with Crippen LogP contribution in [0.4, 0.5) is 0 Å².